The van der Waals surface area contributed by atoms with Gasteiger partial charge in [-0.1, -0.05) is 43.7 Å². The minimum Gasteiger partial charge on any atom is -0.352 e. The van der Waals surface area contributed by atoms with Crippen molar-refractivity contribution in [2.75, 3.05) is 13.1 Å². The predicted molar refractivity (Wildman–Crippen MR) is 99.3 cm³/mol. The van der Waals surface area contributed by atoms with Crippen LogP contribution in [-0.4, -0.2) is 43.3 Å². The molecule has 1 aliphatic rings. The van der Waals surface area contributed by atoms with Crippen molar-refractivity contribution < 1.29 is 13.2 Å². The van der Waals surface area contributed by atoms with Gasteiger partial charge in [-0.15, -0.1) is 0 Å². The van der Waals surface area contributed by atoms with Gasteiger partial charge in [0.2, 0.25) is 15.9 Å². The quantitative estimate of drug-likeness (QED) is 0.766. The van der Waals surface area contributed by atoms with E-state index in [1.807, 2.05) is 37.3 Å². The smallest absolute Gasteiger partial charge is 0.240 e. The summed E-state index contributed by atoms with van der Waals surface area (Å²) in [5.41, 5.74) is 5.97. The summed E-state index contributed by atoms with van der Waals surface area (Å²) in [6.07, 6.45) is 2.70. The summed E-state index contributed by atoms with van der Waals surface area (Å²) in [6.45, 7) is 4.59. The molecule has 1 aromatic carbocycles. The number of rotatable bonds is 7. The topological polar surface area (TPSA) is 92.5 Å². The van der Waals surface area contributed by atoms with E-state index in [9.17, 15) is 13.2 Å². The van der Waals surface area contributed by atoms with Crippen molar-refractivity contribution in [1.29, 1.82) is 0 Å². The lowest BCUT2D eigenvalue weighted by atomic mass is 9.95. The van der Waals surface area contributed by atoms with Crippen molar-refractivity contribution in [2.24, 2.45) is 5.73 Å². The van der Waals surface area contributed by atoms with Gasteiger partial charge in [0.15, 0.2) is 0 Å². The molecule has 3 N–H and O–H groups in total. The van der Waals surface area contributed by atoms with Crippen LogP contribution in [0.5, 0.6) is 0 Å². The highest BCUT2D eigenvalue weighted by atomic mass is 32.2. The number of amides is 1. The highest BCUT2D eigenvalue weighted by molar-refractivity contribution is 7.88. The van der Waals surface area contributed by atoms with Crippen LogP contribution in [-0.2, 0) is 20.6 Å². The summed E-state index contributed by atoms with van der Waals surface area (Å²) < 4.78 is 26.6. The van der Waals surface area contributed by atoms with Crippen molar-refractivity contribution in [3.05, 3.63) is 35.9 Å². The maximum Gasteiger partial charge on any atom is 0.240 e. The van der Waals surface area contributed by atoms with Crippen LogP contribution < -0.4 is 11.1 Å². The Labute approximate surface area is 150 Å². The second-order valence-electron chi connectivity index (χ2n) is 7.06. The number of hydrogen-bond acceptors (Lipinski definition) is 4. The van der Waals surface area contributed by atoms with Crippen molar-refractivity contribution in [3.8, 4) is 0 Å². The zero-order valence-corrected chi connectivity index (χ0v) is 15.9. The molecule has 0 aromatic heterocycles. The van der Waals surface area contributed by atoms with Gasteiger partial charge in [0.25, 0.3) is 0 Å². The molecule has 1 aliphatic heterocycles. The fourth-order valence-corrected chi connectivity index (χ4v) is 4.70. The number of nitrogens with zero attached hydrogens (tertiary/aromatic N) is 1. The molecule has 1 saturated heterocycles. The van der Waals surface area contributed by atoms with Gasteiger partial charge in [-0.2, -0.15) is 0 Å². The first-order valence-corrected chi connectivity index (χ1v) is 10.5. The van der Waals surface area contributed by atoms with Crippen LogP contribution in [0.15, 0.2) is 30.3 Å². The minimum atomic E-state index is -3.33. The molecule has 6 nitrogen and oxygen atoms in total. The minimum absolute atomic E-state index is 0.0161. The SMILES string of the molecule is CCCC(C)(N)C(=O)NC1CCN(S(=O)(=O)Cc2ccccc2)CC1. The maximum absolute atomic E-state index is 12.5. The Kier molecular flexibility index (Phi) is 6.59. The molecule has 0 radical (unpaired) electrons. The van der Waals surface area contributed by atoms with Crippen LogP contribution in [0.3, 0.4) is 0 Å². The number of benzene rings is 1. The molecule has 0 bridgehead atoms. The van der Waals surface area contributed by atoms with E-state index in [0.717, 1.165) is 12.0 Å². The third kappa shape index (κ3) is 5.52. The van der Waals surface area contributed by atoms with E-state index in [4.69, 9.17) is 5.73 Å². The molecule has 0 saturated carbocycles. The standard InChI is InChI=1S/C18H29N3O3S/c1-3-11-18(2,19)17(22)20-16-9-12-21(13-10-16)25(23,24)14-15-7-5-4-6-8-15/h4-8,16H,3,9-14,19H2,1-2H3,(H,20,22). The molecule has 7 heteroatoms. The van der Waals surface area contributed by atoms with Crippen molar-refractivity contribution in [1.82, 2.24) is 9.62 Å². The first kappa shape index (κ1) is 19.9. The Hall–Kier alpha value is -1.44. The first-order chi connectivity index (χ1) is 11.7. The molecule has 1 atom stereocenters. The number of hydrogen-bond donors (Lipinski definition) is 2. The normalized spacial score (nSPS) is 19.3. The third-order valence-corrected chi connectivity index (χ3v) is 6.51. The van der Waals surface area contributed by atoms with Gasteiger partial charge < -0.3 is 11.1 Å². The average Bonchev–Trinajstić information content (AvgIpc) is 2.56. The molecule has 0 aliphatic carbocycles. The van der Waals surface area contributed by atoms with Gasteiger partial charge in [0.1, 0.15) is 0 Å². The van der Waals surface area contributed by atoms with Crippen LogP contribution in [0.25, 0.3) is 0 Å². The van der Waals surface area contributed by atoms with E-state index in [1.165, 1.54) is 4.31 Å². The van der Waals surface area contributed by atoms with Crippen LogP contribution in [0, 0.1) is 0 Å². The van der Waals surface area contributed by atoms with E-state index in [-0.39, 0.29) is 17.7 Å². The van der Waals surface area contributed by atoms with Gasteiger partial charge in [0, 0.05) is 19.1 Å². The molecule has 0 spiro atoms. The van der Waals surface area contributed by atoms with Crippen LogP contribution >= 0.6 is 0 Å². The lowest BCUT2D eigenvalue weighted by Gasteiger charge is -2.33. The number of carbonyl (C=O) groups is 1. The van der Waals surface area contributed by atoms with Crippen molar-refractivity contribution in [3.63, 3.8) is 0 Å². The van der Waals surface area contributed by atoms with E-state index < -0.39 is 15.6 Å². The monoisotopic (exact) mass is 367 g/mol. The Balaban J connectivity index is 1.88. The van der Waals surface area contributed by atoms with Crippen molar-refractivity contribution in [2.45, 2.75) is 56.9 Å². The second kappa shape index (κ2) is 8.29. The zero-order chi connectivity index (χ0) is 18.5. The van der Waals surface area contributed by atoms with E-state index >= 15 is 0 Å². The Morgan fingerprint density at radius 3 is 2.44 bits per heavy atom. The molecular weight excluding hydrogens is 338 g/mol. The summed E-state index contributed by atoms with van der Waals surface area (Å²) in [5, 5.41) is 2.98. The number of piperidine rings is 1. The Bertz CT molecular complexity index is 666. The second-order valence-corrected chi connectivity index (χ2v) is 9.02. The van der Waals surface area contributed by atoms with Gasteiger partial charge in [-0.3, -0.25) is 4.79 Å². The molecule has 140 valence electrons. The molecular formula is C18H29N3O3S. The van der Waals surface area contributed by atoms with Crippen LogP contribution in [0.4, 0.5) is 0 Å². The number of nitrogens with one attached hydrogen (secondary N) is 1. The largest absolute Gasteiger partial charge is 0.352 e. The Morgan fingerprint density at radius 1 is 1.28 bits per heavy atom. The summed E-state index contributed by atoms with van der Waals surface area (Å²) in [7, 11) is -3.33. The molecule has 1 heterocycles. The van der Waals surface area contributed by atoms with Crippen LogP contribution in [0.1, 0.15) is 45.1 Å². The van der Waals surface area contributed by atoms with Crippen molar-refractivity contribution >= 4 is 15.9 Å². The first-order valence-electron chi connectivity index (χ1n) is 8.86. The van der Waals surface area contributed by atoms with Gasteiger partial charge in [-0.05, 0) is 31.7 Å². The fourth-order valence-electron chi connectivity index (χ4n) is 3.14. The predicted octanol–water partition coefficient (Wildman–Crippen LogP) is 1.61. The highest BCUT2D eigenvalue weighted by Gasteiger charge is 2.32. The van der Waals surface area contributed by atoms with Gasteiger partial charge >= 0.3 is 0 Å². The van der Waals surface area contributed by atoms with E-state index in [2.05, 4.69) is 5.32 Å². The fraction of sp³-hybridized carbons (Fsp3) is 0.611. The molecule has 1 fully saturated rings. The molecule has 1 aromatic rings. The number of carbonyl (C=O) groups excluding carboxylic acids is 1. The van der Waals surface area contributed by atoms with Gasteiger partial charge in [0.05, 0.1) is 11.3 Å². The van der Waals surface area contributed by atoms with Gasteiger partial charge in [-0.25, -0.2) is 12.7 Å². The van der Waals surface area contributed by atoms with Crippen LogP contribution in [0.2, 0.25) is 0 Å². The molecule has 2 rings (SSSR count). The summed E-state index contributed by atoms with van der Waals surface area (Å²) in [6, 6.07) is 9.17. The summed E-state index contributed by atoms with van der Waals surface area (Å²) in [4.78, 5) is 12.3. The highest BCUT2D eigenvalue weighted by Crippen LogP contribution is 2.18. The average molecular weight is 368 g/mol. The summed E-state index contributed by atoms with van der Waals surface area (Å²) in [5.74, 6) is -0.137. The molecule has 1 unspecified atom stereocenters. The zero-order valence-electron chi connectivity index (χ0n) is 15.1. The van der Waals surface area contributed by atoms with E-state index in [1.54, 1.807) is 6.92 Å². The molecule has 1 amide bonds. The number of sulfonamides is 1. The third-order valence-electron chi connectivity index (χ3n) is 4.66. The number of nitrogens with two attached hydrogens (primary N) is 1. The Morgan fingerprint density at radius 2 is 1.88 bits per heavy atom. The summed E-state index contributed by atoms with van der Waals surface area (Å²) >= 11 is 0. The lowest BCUT2D eigenvalue weighted by Crippen LogP contribution is -2.56. The maximum atomic E-state index is 12.5. The molecule has 25 heavy (non-hydrogen) atoms. The lowest BCUT2D eigenvalue weighted by molar-refractivity contribution is -0.127. The van der Waals surface area contributed by atoms with E-state index in [0.29, 0.717) is 32.4 Å².